The number of hydrogen-bond donors (Lipinski definition) is 3. The van der Waals surface area contributed by atoms with Crippen LogP contribution in [-0.4, -0.2) is 55.6 Å². The van der Waals surface area contributed by atoms with E-state index in [4.69, 9.17) is 5.73 Å². The van der Waals surface area contributed by atoms with Crippen LogP contribution in [0.25, 0.3) is 10.9 Å². The van der Waals surface area contributed by atoms with Gasteiger partial charge >= 0.3 is 24.6 Å². The number of anilines is 2. The molecule has 10 nitrogen and oxygen atoms in total. The van der Waals surface area contributed by atoms with Crippen LogP contribution in [-0.2, 0) is 27.0 Å². The lowest BCUT2D eigenvalue weighted by Gasteiger charge is -2.32. The molecule has 0 unspecified atom stereocenters. The Morgan fingerprint density at radius 2 is 1.95 bits per heavy atom. The van der Waals surface area contributed by atoms with E-state index in [2.05, 4.69) is 30.2 Å². The quantitative estimate of drug-likeness (QED) is 0.316. The van der Waals surface area contributed by atoms with Crippen molar-refractivity contribution in [3.8, 4) is 0 Å². The molecule has 4 N–H and O–H groups in total. The van der Waals surface area contributed by atoms with Crippen molar-refractivity contribution in [1.29, 1.82) is 0 Å². The summed E-state index contributed by atoms with van der Waals surface area (Å²) < 4.78 is 69.2. The second-order valence-electron chi connectivity index (χ2n) is 8.07. The summed E-state index contributed by atoms with van der Waals surface area (Å²) in [5.74, 6) is -2.11. The Kier molecular flexibility index (Phi) is 8.48. The average molecular weight is 550 g/mol. The Morgan fingerprint density at radius 1 is 1.19 bits per heavy atom. The molecule has 200 valence electrons. The fourth-order valence-corrected chi connectivity index (χ4v) is 4.11. The smallest absolute Gasteiger partial charge is 0.383 e. The van der Waals surface area contributed by atoms with Crippen LogP contribution in [0.2, 0.25) is 0 Å². The predicted molar refractivity (Wildman–Crippen MR) is 122 cm³/mol. The van der Waals surface area contributed by atoms with Gasteiger partial charge in [-0.05, 0) is 31.4 Å². The molecule has 1 fully saturated rings. The van der Waals surface area contributed by atoms with Crippen LogP contribution < -0.4 is 11.1 Å². The number of H-pyrrole nitrogens is 1. The van der Waals surface area contributed by atoms with Gasteiger partial charge in [0, 0.05) is 6.20 Å². The zero-order chi connectivity index (χ0) is 26.0. The van der Waals surface area contributed by atoms with Crippen molar-refractivity contribution in [3.05, 3.63) is 42.0 Å². The lowest BCUT2D eigenvalue weighted by Crippen LogP contribution is -2.49. The molecule has 1 aliphatic carbocycles. The summed E-state index contributed by atoms with van der Waals surface area (Å²) >= 11 is 0. The minimum absolute atomic E-state index is 0. The molecule has 3 aromatic rings. The van der Waals surface area contributed by atoms with E-state index in [-0.39, 0.29) is 42.4 Å². The van der Waals surface area contributed by atoms with Crippen molar-refractivity contribution in [2.24, 2.45) is 0 Å². The Hall–Kier alpha value is -3.59. The van der Waals surface area contributed by atoms with E-state index < -0.39 is 48.9 Å². The normalized spacial score (nSPS) is 17.6. The van der Waals surface area contributed by atoms with Gasteiger partial charge in [0.1, 0.15) is 5.82 Å². The molecular formula is C21H21ClF5N7O3. The Labute approximate surface area is 212 Å². The zero-order valence-electron chi connectivity index (χ0n) is 18.8. The van der Waals surface area contributed by atoms with Crippen LogP contribution in [0.15, 0.2) is 30.7 Å². The molecule has 0 spiro atoms. The maximum Gasteiger partial charge on any atom is 0.417 e. The molecule has 0 bridgehead atoms. The van der Waals surface area contributed by atoms with Crippen LogP contribution in [0.3, 0.4) is 0 Å². The average Bonchev–Trinajstić information content (AvgIpc) is 3.49. The van der Waals surface area contributed by atoms with E-state index in [0.717, 1.165) is 17.0 Å². The molecule has 16 heteroatoms. The van der Waals surface area contributed by atoms with Crippen molar-refractivity contribution in [2.75, 3.05) is 11.1 Å². The summed E-state index contributed by atoms with van der Waals surface area (Å²) in [6, 6.07) is 0.900. The number of carbonyl (C=O) groups excluding carboxylic acids is 2. The highest BCUT2D eigenvalue weighted by Gasteiger charge is 2.39. The number of ether oxygens (including phenoxy) is 1. The molecular weight excluding hydrogens is 529 g/mol. The Bertz CT molecular complexity index is 1260. The first-order valence-corrected chi connectivity index (χ1v) is 10.7. The molecule has 1 aliphatic rings. The van der Waals surface area contributed by atoms with Crippen molar-refractivity contribution in [3.63, 3.8) is 0 Å². The second-order valence-corrected chi connectivity index (χ2v) is 8.07. The lowest BCUT2D eigenvalue weighted by atomic mass is 10.1. The monoisotopic (exact) mass is 549 g/mol. The largest absolute Gasteiger partial charge is 0.417 e. The zero-order valence-corrected chi connectivity index (χ0v) is 19.7. The van der Waals surface area contributed by atoms with Crippen LogP contribution >= 0.6 is 12.4 Å². The molecule has 0 radical (unpaired) electrons. The van der Waals surface area contributed by atoms with Gasteiger partial charge in [0.15, 0.2) is 0 Å². The number of fused-ring (bicyclic) bond motifs is 1. The van der Waals surface area contributed by atoms with Crippen LogP contribution in [0.5, 0.6) is 0 Å². The fourth-order valence-electron chi connectivity index (χ4n) is 4.11. The molecule has 2 amide bonds. The van der Waals surface area contributed by atoms with E-state index >= 15 is 0 Å². The number of nitrogens with one attached hydrogen (secondary N) is 2. The van der Waals surface area contributed by atoms with Gasteiger partial charge in [-0.25, -0.2) is 4.98 Å². The molecule has 0 aromatic carbocycles. The number of nitrogens with zero attached hydrogens (tertiary/aromatic N) is 4. The number of rotatable bonds is 6. The first kappa shape index (κ1) is 28.0. The number of carbonyl (C=O) groups is 2. The minimum Gasteiger partial charge on any atom is -0.383 e. The van der Waals surface area contributed by atoms with Crippen molar-refractivity contribution in [1.82, 2.24) is 25.1 Å². The van der Waals surface area contributed by atoms with Crippen LogP contribution in [0.1, 0.15) is 30.5 Å². The van der Waals surface area contributed by atoms with Gasteiger partial charge in [-0.15, -0.1) is 12.4 Å². The highest BCUT2D eigenvalue weighted by molar-refractivity contribution is 6.40. The lowest BCUT2D eigenvalue weighted by molar-refractivity contribution is -0.178. The number of halogens is 6. The van der Waals surface area contributed by atoms with Gasteiger partial charge in [-0.1, -0.05) is 0 Å². The van der Waals surface area contributed by atoms with Gasteiger partial charge in [0.05, 0.1) is 58.9 Å². The summed E-state index contributed by atoms with van der Waals surface area (Å²) in [4.78, 5) is 34.8. The van der Waals surface area contributed by atoms with Crippen LogP contribution in [0, 0.1) is 0 Å². The minimum atomic E-state index is -4.62. The third-order valence-electron chi connectivity index (χ3n) is 5.80. The van der Waals surface area contributed by atoms with Gasteiger partial charge in [0.2, 0.25) is 0 Å². The topological polar surface area (TPSA) is 139 Å². The summed E-state index contributed by atoms with van der Waals surface area (Å²) in [6.07, 6.45) is -1.63. The van der Waals surface area contributed by atoms with E-state index in [1.54, 1.807) is 0 Å². The third-order valence-corrected chi connectivity index (χ3v) is 5.80. The number of pyridine rings is 2. The number of nitrogen functional groups attached to an aromatic ring is 1. The van der Waals surface area contributed by atoms with Crippen molar-refractivity contribution >= 4 is 46.6 Å². The third kappa shape index (κ3) is 6.22. The number of aromatic amines is 1. The van der Waals surface area contributed by atoms with E-state index in [1.807, 2.05) is 0 Å². The maximum absolute atomic E-state index is 13.2. The number of aromatic nitrogens is 4. The second kappa shape index (κ2) is 11.2. The molecule has 2 atom stereocenters. The van der Waals surface area contributed by atoms with Crippen molar-refractivity contribution in [2.45, 2.75) is 50.7 Å². The predicted octanol–water partition coefficient (Wildman–Crippen LogP) is 3.50. The molecule has 37 heavy (non-hydrogen) atoms. The summed E-state index contributed by atoms with van der Waals surface area (Å²) in [5.41, 5.74) is 5.18. The van der Waals surface area contributed by atoms with Gasteiger partial charge in [-0.3, -0.25) is 19.7 Å². The molecule has 0 saturated heterocycles. The van der Waals surface area contributed by atoms with Gasteiger partial charge < -0.3 is 20.7 Å². The molecule has 1 saturated carbocycles. The fraction of sp³-hybridized carbons (Fsp3) is 0.381. The van der Waals surface area contributed by atoms with Gasteiger partial charge in [0.25, 0.3) is 0 Å². The number of amides is 2. The SMILES string of the molecule is Cl.Nc1ncc(NC(=O)C(=O)N(Cc2ccc(C(F)(F)F)cn2)[C@@H]2CCC[C@H]2OC(F)F)c2[nH]ncc12. The molecule has 3 heterocycles. The van der Waals surface area contributed by atoms with E-state index in [0.29, 0.717) is 23.5 Å². The first-order valence-electron chi connectivity index (χ1n) is 10.7. The highest BCUT2D eigenvalue weighted by atomic mass is 35.5. The molecule has 4 rings (SSSR count). The highest BCUT2D eigenvalue weighted by Crippen LogP contribution is 2.31. The maximum atomic E-state index is 13.2. The Balaban J connectivity index is 0.00000380. The summed E-state index contributed by atoms with van der Waals surface area (Å²) in [7, 11) is 0. The van der Waals surface area contributed by atoms with Crippen LogP contribution in [0.4, 0.5) is 33.5 Å². The number of nitrogens with two attached hydrogens (primary N) is 1. The van der Waals surface area contributed by atoms with E-state index in [1.165, 1.54) is 12.4 Å². The van der Waals surface area contributed by atoms with E-state index in [9.17, 15) is 31.5 Å². The summed E-state index contributed by atoms with van der Waals surface area (Å²) in [5, 5.41) is 9.24. The first-order chi connectivity index (χ1) is 17.0. The molecule has 0 aliphatic heterocycles. The van der Waals surface area contributed by atoms with Crippen molar-refractivity contribution < 1.29 is 36.3 Å². The standard InChI is InChI=1S/C21H20F5N7O3.ClH/c22-20(23)36-15-3-1-2-14(15)33(9-11-5-4-10(6-28-11)21(24,25)26)19(35)18(34)31-13-8-29-17(27)12-7-30-32-16(12)13;/h4-8,14-15,20H,1-3,9H2,(H2,27,29)(H,30,32)(H,31,34);1H/t14-,15-;/m1./s1. The molecule has 3 aromatic heterocycles. The number of alkyl halides is 5. The number of hydrogen-bond acceptors (Lipinski definition) is 7. The van der Waals surface area contributed by atoms with Gasteiger partial charge in [-0.2, -0.15) is 27.1 Å². The summed E-state index contributed by atoms with van der Waals surface area (Å²) in [6.45, 7) is -3.52. The Morgan fingerprint density at radius 3 is 2.59 bits per heavy atom.